The number of hydrogen-bond donors (Lipinski definition) is 2. The van der Waals surface area contributed by atoms with Crippen molar-refractivity contribution in [2.75, 3.05) is 20.3 Å². The summed E-state index contributed by atoms with van der Waals surface area (Å²) in [7, 11) is 0.738. The highest BCUT2D eigenvalue weighted by molar-refractivity contribution is 6.00. The molecule has 3 aromatic rings. The Kier molecular flexibility index (Phi) is 12.8. The van der Waals surface area contributed by atoms with Crippen LogP contribution < -0.4 is 10.6 Å². The van der Waals surface area contributed by atoms with Gasteiger partial charge in [-0.05, 0) is 31.9 Å². The van der Waals surface area contributed by atoms with Crippen LogP contribution in [0.15, 0.2) is 114 Å². The van der Waals surface area contributed by atoms with Crippen molar-refractivity contribution in [1.82, 2.24) is 10.6 Å². The number of benzene rings is 3. The minimum absolute atomic E-state index is 0.00421. The molecule has 51 heavy (non-hydrogen) atoms. The second-order valence-electron chi connectivity index (χ2n) is 11.4. The van der Waals surface area contributed by atoms with Crippen LogP contribution in [0.5, 0.6) is 0 Å². The molecule has 1 amide bonds. The van der Waals surface area contributed by atoms with Crippen LogP contribution in [0.3, 0.4) is 0 Å². The highest BCUT2D eigenvalue weighted by atomic mass is 19.4. The maximum atomic E-state index is 14.9. The third-order valence-corrected chi connectivity index (χ3v) is 8.20. The number of rotatable bonds is 14. The standard InChI is InChI=1S/C38H39F3N2O8/c1-5-49-34(45)30-24(3)42-28(32(35(46)50-6-2)31(30)26-18-12-8-13-19-26)22-29(33(44)51-23-25-16-10-7-11-17-25)43-36(47)37(48-4,38(39,40)41)27-20-14-9-15-21-27/h7-21,29,31,42H,5-6,22-23H2,1-4H3,(H,43,47)/t29-,31+,37-/m0/s1. The Morgan fingerprint density at radius 3 is 1.84 bits per heavy atom. The molecule has 0 fully saturated rings. The van der Waals surface area contributed by atoms with Gasteiger partial charge in [-0.25, -0.2) is 14.4 Å². The summed E-state index contributed by atoms with van der Waals surface area (Å²) in [6, 6.07) is 21.5. The van der Waals surface area contributed by atoms with Crippen molar-refractivity contribution in [1.29, 1.82) is 0 Å². The molecule has 0 aromatic heterocycles. The molecular formula is C38H39F3N2O8. The van der Waals surface area contributed by atoms with Crippen molar-refractivity contribution in [2.45, 2.75) is 57.5 Å². The van der Waals surface area contributed by atoms with E-state index in [1.165, 1.54) is 18.2 Å². The zero-order valence-electron chi connectivity index (χ0n) is 28.5. The summed E-state index contributed by atoms with van der Waals surface area (Å²) in [6.07, 6.45) is -5.85. The molecule has 0 spiro atoms. The first-order valence-electron chi connectivity index (χ1n) is 16.2. The number of halogens is 3. The lowest BCUT2D eigenvalue weighted by Crippen LogP contribution is -2.59. The van der Waals surface area contributed by atoms with E-state index in [1.807, 2.05) is 0 Å². The summed E-state index contributed by atoms with van der Waals surface area (Å²) in [5, 5.41) is 5.21. The molecule has 0 saturated carbocycles. The van der Waals surface area contributed by atoms with Crippen molar-refractivity contribution in [2.24, 2.45) is 0 Å². The lowest BCUT2D eigenvalue weighted by atomic mass is 9.79. The molecule has 270 valence electrons. The Morgan fingerprint density at radius 1 is 0.784 bits per heavy atom. The summed E-state index contributed by atoms with van der Waals surface area (Å²) < 4.78 is 65.8. The number of alkyl halides is 3. The normalized spacial score (nSPS) is 16.3. The monoisotopic (exact) mass is 708 g/mol. The van der Waals surface area contributed by atoms with Gasteiger partial charge in [0.15, 0.2) is 0 Å². The van der Waals surface area contributed by atoms with Crippen molar-refractivity contribution in [3.05, 3.63) is 130 Å². The minimum Gasteiger partial charge on any atom is -0.463 e. The number of amides is 1. The smallest absolute Gasteiger partial charge is 0.430 e. The van der Waals surface area contributed by atoms with E-state index in [0.717, 1.165) is 19.2 Å². The fraction of sp³-hybridized carbons (Fsp3) is 0.316. The van der Waals surface area contributed by atoms with Crippen molar-refractivity contribution < 1.29 is 51.3 Å². The molecule has 1 heterocycles. The maximum absolute atomic E-state index is 14.9. The Bertz CT molecular complexity index is 1760. The summed E-state index contributed by atoms with van der Waals surface area (Å²) in [4.78, 5) is 54.8. The molecule has 1 aliphatic heterocycles. The molecule has 10 nitrogen and oxygen atoms in total. The van der Waals surface area contributed by atoms with Gasteiger partial charge in [0.05, 0.1) is 30.3 Å². The van der Waals surface area contributed by atoms with Crippen molar-refractivity contribution >= 4 is 23.8 Å². The van der Waals surface area contributed by atoms with E-state index >= 15 is 0 Å². The predicted octanol–water partition coefficient (Wildman–Crippen LogP) is 5.75. The minimum atomic E-state index is -5.28. The number of carbonyl (C=O) groups is 4. The molecule has 0 radical (unpaired) electrons. The Labute approximate surface area is 293 Å². The van der Waals surface area contributed by atoms with Crippen LogP contribution in [0.25, 0.3) is 0 Å². The predicted molar refractivity (Wildman–Crippen MR) is 179 cm³/mol. The molecule has 0 bridgehead atoms. The molecule has 2 N–H and O–H groups in total. The van der Waals surface area contributed by atoms with Gasteiger partial charge < -0.3 is 29.6 Å². The van der Waals surface area contributed by atoms with Gasteiger partial charge in [0.2, 0.25) is 0 Å². The average molecular weight is 709 g/mol. The first kappa shape index (κ1) is 38.4. The summed E-state index contributed by atoms with van der Waals surface area (Å²) in [6.45, 7) is 4.46. The van der Waals surface area contributed by atoms with Crippen LogP contribution in [0.2, 0.25) is 0 Å². The Balaban J connectivity index is 1.87. The van der Waals surface area contributed by atoms with Gasteiger partial charge in [0, 0.05) is 30.5 Å². The van der Waals surface area contributed by atoms with E-state index in [-0.39, 0.29) is 42.4 Å². The number of esters is 3. The van der Waals surface area contributed by atoms with Gasteiger partial charge >= 0.3 is 24.1 Å². The molecule has 13 heteroatoms. The van der Waals surface area contributed by atoms with E-state index in [1.54, 1.807) is 81.4 Å². The molecule has 3 atom stereocenters. The van der Waals surface area contributed by atoms with E-state index in [2.05, 4.69) is 10.6 Å². The first-order valence-corrected chi connectivity index (χ1v) is 16.2. The first-order chi connectivity index (χ1) is 24.4. The summed E-state index contributed by atoms with van der Waals surface area (Å²) in [5.74, 6) is -5.45. The van der Waals surface area contributed by atoms with E-state index < -0.39 is 59.5 Å². The van der Waals surface area contributed by atoms with Crippen molar-refractivity contribution in [3.8, 4) is 0 Å². The third kappa shape index (κ3) is 8.48. The SMILES string of the molecule is CCOC(=O)C1=C(C)NC(C[C@H](NC(=O)[C@@](OC)(c2ccccc2)C(F)(F)F)C(=O)OCc2ccccc2)=C(C(=O)OCC)[C@@H]1c1ccccc1. The summed E-state index contributed by atoms with van der Waals surface area (Å²) in [5.41, 5.74) is -2.75. The lowest BCUT2D eigenvalue weighted by Gasteiger charge is -2.35. The molecule has 3 aromatic carbocycles. The summed E-state index contributed by atoms with van der Waals surface area (Å²) >= 11 is 0. The van der Waals surface area contributed by atoms with E-state index in [0.29, 0.717) is 11.1 Å². The lowest BCUT2D eigenvalue weighted by molar-refractivity contribution is -0.266. The van der Waals surface area contributed by atoms with Gasteiger partial charge in [-0.3, -0.25) is 4.79 Å². The van der Waals surface area contributed by atoms with Gasteiger partial charge in [-0.2, -0.15) is 13.2 Å². The fourth-order valence-electron chi connectivity index (χ4n) is 5.87. The number of dihydropyridines is 1. The van der Waals surface area contributed by atoms with Gasteiger partial charge in [-0.1, -0.05) is 91.0 Å². The van der Waals surface area contributed by atoms with E-state index in [9.17, 15) is 32.3 Å². The van der Waals surface area contributed by atoms with Crippen molar-refractivity contribution in [3.63, 3.8) is 0 Å². The molecule has 4 rings (SSSR count). The fourth-order valence-corrected chi connectivity index (χ4v) is 5.87. The van der Waals surface area contributed by atoms with Crippen LogP contribution in [-0.4, -0.2) is 56.4 Å². The zero-order valence-corrected chi connectivity index (χ0v) is 28.5. The number of nitrogens with one attached hydrogen (secondary N) is 2. The van der Waals surface area contributed by atoms with Gasteiger partial charge in [0.1, 0.15) is 12.6 Å². The van der Waals surface area contributed by atoms with Crippen LogP contribution in [0, 0.1) is 0 Å². The van der Waals surface area contributed by atoms with Gasteiger partial charge in [-0.15, -0.1) is 0 Å². The number of methoxy groups -OCH3 is 1. The number of allylic oxidation sites excluding steroid dienone is 1. The molecule has 0 unspecified atom stereocenters. The highest BCUT2D eigenvalue weighted by Crippen LogP contribution is 2.43. The topological polar surface area (TPSA) is 129 Å². The quantitative estimate of drug-likeness (QED) is 0.159. The highest BCUT2D eigenvalue weighted by Gasteiger charge is 2.63. The molecular weight excluding hydrogens is 669 g/mol. The average Bonchev–Trinajstić information content (AvgIpc) is 3.11. The Morgan fingerprint density at radius 2 is 1.31 bits per heavy atom. The molecule has 0 aliphatic carbocycles. The maximum Gasteiger partial charge on any atom is 0.430 e. The Hall–Kier alpha value is -5.43. The molecule has 1 aliphatic rings. The number of ether oxygens (including phenoxy) is 4. The van der Waals surface area contributed by atoms with E-state index in [4.69, 9.17) is 18.9 Å². The third-order valence-electron chi connectivity index (χ3n) is 8.20. The number of carbonyl (C=O) groups excluding carboxylic acids is 4. The van der Waals surface area contributed by atoms with Gasteiger partial charge in [0.25, 0.3) is 11.5 Å². The number of hydrogen-bond acceptors (Lipinski definition) is 9. The van der Waals surface area contributed by atoms with Crippen LogP contribution in [-0.2, 0) is 50.3 Å². The second-order valence-corrected chi connectivity index (χ2v) is 11.4. The zero-order chi connectivity index (χ0) is 37.2. The largest absolute Gasteiger partial charge is 0.463 e. The van der Waals surface area contributed by atoms with Crippen LogP contribution in [0.1, 0.15) is 49.8 Å². The second kappa shape index (κ2) is 17.0. The van der Waals surface area contributed by atoms with Crippen LogP contribution >= 0.6 is 0 Å². The van der Waals surface area contributed by atoms with Crippen LogP contribution in [0.4, 0.5) is 13.2 Å². The molecule has 0 saturated heterocycles.